The Morgan fingerprint density at radius 3 is 2.12 bits per heavy atom. The van der Waals surface area contributed by atoms with Crippen molar-refractivity contribution in [2.75, 3.05) is 6.26 Å². The molecular weight excluding hydrogens is 432 g/mol. The van der Waals surface area contributed by atoms with E-state index >= 15 is 0 Å². The molecule has 2 aromatic heterocycles. The molecule has 0 spiro atoms. The Labute approximate surface area is 193 Å². The summed E-state index contributed by atoms with van der Waals surface area (Å²) >= 11 is 0. The second-order valence-corrected chi connectivity index (χ2v) is 10.7. The van der Waals surface area contributed by atoms with Crippen molar-refractivity contribution in [1.82, 2.24) is 14.6 Å². The fraction of sp³-hybridized carbons (Fsp3) is 0.269. The molecule has 0 amide bonds. The van der Waals surface area contributed by atoms with Gasteiger partial charge in [-0.25, -0.2) is 17.9 Å². The molecule has 166 valence electrons. The van der Waals surface area contributed by atoms with E-state index in [2.05, 4.69) is 28.3 Å². The van der Waals surface area contributed by atoms with Crippen LogP contribution in [0.3, 0.4) is 0 Å². The van der Waals surface area contributed by atoms with Crippen LogP contribution in [0.4, 0.5) is 0 Å². The van der Waals surface area contributed by atoms with Crippen LogP contribution in [-0.2, 0) is 9.84 Å². The van der Waals surface area contributed by atoms with Crippen molar-refractivity contribution in [2.45, 2.75) is 42.9 Å². The van der Waals surface area contributed by atoms with Crippen molar-refractivity contribution in [3.8, 4) is 28.3 Å². The molecule has 0 radical (unpaired) electrons. The molecule has 1 saturated carbocycles. The lowest BCUT2D eigenvalue weighted by Crippen LogP contribution is -2.12. The molecule has 0 bridgehead atoms. The van der Waals surface area contributed by atoms with Gasteiger partial charge < -0.3 is 0 Å². The van der Waals surface area contributed by atoms with Crippen molar-refractivity contribution < 1.29 is 8.42 Å². The first-order valence-corrected chi connectivity index (χ1v) is 13.0. The molecule has 1 aliphatic carbocycles. The lowest BCUT2D eigenvalue weighted by atomic mass is 9.84. The number of benzene rings is 2. The number of fused-ring (bicyclic) bond motifs is 1. The molecule has 33 heavy (non-hydrogen) atoms. The molecule has 0 atom stereocenters. The highest BCUT2D eigenvalue weighted by atomic mass is 32.2. The second kappa shape index (κ2) is 8.45. The quantitative estimate of drug-likeness (QED) is 0.411. The molecule has 0 saturated heterocycles. The first-order valence-electron chi connectivity index (χ1n) is 11.1. The van der Waals surface area contributed by atoms with Crippen LogP contribution in [0.5, 0.6) is 0 Å². The lowest BCUT2D eigenvalue weighted by Gasteiger charge is -2.25. The third-order valence-electron chi connectivity index (χ3n) is 6.49. The topological polar surface area (TPSA) is 88.1 Å². The van der Waals surface area contributed by atoms with Gasteiger partial charge >= 0.3 is 0 Å². The highest BCUT2D eigenvalue weighted by Crippen LogP contribution is 2.38. The van der Waals surface area contributed by atoms with Gasteiger partial charge in [-0.2, -0.15) is 10.4 Å². The van der Waals surface area contributed by atoms with Crippen molar-refractivity contribution in [3.05, 3.63) is 72.2 Å². The van der Waals surface area contributed by atoms with Crippen molar-refractivity contribution >= 4 is 15.5 Å². The zero-order valence-electron chi connectivity index (χ0n) is 18.4. The van der Waals surface area contributed by atoms with Gasteiger partial charge in [0.15, 0.2) is 15.5 Å². The molecule has 0 unspecified atom stereocenters. The van der Waals surface area contributed by atoms with Gasteiger partial charge in [-0.15, -0.1) is 0 Å². The molecular formula is C26H24N4O2S. The monoisotopic (exact) mass is 456 g/mol. The Morgan fingerprint density at radius 1 is 0.909 bits per heavy atom. The number of nitrogens with zero attached hydrogens (tertiary/aromatic N) is 4. The molecule has 4 aromatic rings. The largest absolute Gasteiger partial charge is 0.235 e. The summed E-state index contributed by atoms with van der Waals surface area (Å²) in [4.78, 5) is 4.89. The number of rotatable bonds is 4. The number of sulfone groups is 1. The lowest BCUT2D eigenvalue weighted by molar-refractivity contribution is 0.431. The predicted octanol–water partition coefficient (Wildman–Crippen LogP) is 5.39. The van der Waals surface area contributed by atoms with Crippen molar-refractivity contribution in [3.63, 3.8) is 0 Å². The van der Waals surface area contributed by atoms with Gasteiger partial charge in [0.25, 0.3) is 0 Å². The first-order chi connectivity index (χ1) is 16.0. The molecule has 6 nitrogen and oxygen atoms in total. The smallest absolute Gasteiger partial charge is 0.175 e. The van der Waals surface area contributed by atoms with Crippen LogP contribution in [-0.4, -0.2) is 29.3 Å². The molecule has 0 N–H and O–H groups in total. The molecule has 0 aliphatic heterocycles. The molecule has 1 fully saturated rings. The number of hydrogen-bond donors (Lipinski definition) is 0. The van der Waals surface area contributed by atoms with E-state index in [1.54, 1.807) is 18.3 Å². The zero-order valence-corrected chi connectivity index (χ0v) is 19.2. The molecule has 2 aromatic carbocycles. The van der Waals surface area contributed by atoms with Gasteiger partial charge in [0.2, 0.25) is 0 Å². The van der Waals surface area contributed by atoms with Crippen LogP contribution < -0.4 is 0 Å². The number of nitriles is 1. The average molecular weight is 457 g/mol. The number of aromatic nitrogens is 3. The van der Waals surface area contributed by atoms with Gasteiger partial charge in [-0.1, -0.05) is 55.7 Å². The van der Waals surface area contributed by atoms with Crippen LogP contribution in [0.1, 0.15) is 49.3 Å². The third kappa shape index (κ3) is 4.03. The maximum atomic E-state index is 11.7. The minimum atomic E-state index is -3.21. The normalized spacial score (nSPS) is 14.9. The summed E-state index contributed by atoms with van der Waals surface area (Å²) in [7, 11) is -3.21. The Morgan fingerprint density at radius 2 is 1.52 bits per heavy atom. The van der Waals surface area contributed by atoms with E-state index in [1.165, 1.54) is 25.5 Å². The highest BCUT2D eigenvalue weighted by molar-refractivity contribution is 7.90. The summed E-state index contributed by atoms with van der Waals surface area (Å²) in [5, 5.41) is 14.0. The Kier molecular flexibility index (Phi) is 5.47. The third-order valence-corrected chi connectivity index (χ3v) is 7.62. The van der Waals surface area contributed by atoms with E-state index in [0.717, 1.165) is 40.8 Å². The summed E-state index contributed by atoms with van der Waals surface area (Å²) < 4.78 is 25.3. The van der Waals surface area contributed by atoms with E-state index in [4.69, 9.17) is 0 Å². The summed E-state index contributed by atoms with van der Waals surface area (Å²) in [5.41, 5.74) is 6.30. The van der Waals surface area contributed by atoms with Gasteiger partial charge in [0.05, 0.1) is 16.8 Å². The Hall–Kier alpha value is -3.50. The maximum absolute atomic E-state index is 11.7. The Bertz CT molecular complexity index is 1460. The zero-order chi connectivity index (χ0) is 23.0. The maximum Gasteiger partial charge on any atom is 0.175 e. The molecule has 2 heterocycles. The summed E-state index contributed by atoms with van der Waals surface area (Å²) in [6.45, 7) is 0. The minimum absolute atomic E-state index is 0.315. The van der Waals surface area contributed by atoms with Crippen LogP contribution in [0, 0.1) is 11.3 Å². The van der Waals surface area contributed by atoms with Gasteiger partial charge in [-0.05, 0) is 41.7 Å². The van der Waals surface area contributed by atoms with Crippen molar-refractivity contribution in [1.29, 1.82) is 5.26 Å². The van der Waals surface area contributed by atoms with Crippen LogP contribution >= 0.6 is 0 Å². The summed E-state index contributed by atoms with van der Waals surface area (Å²) in [5.74, 6) is 0.383. The van der Waals surface area contributed by atoms with Crippen molar-refractivity contribution in [2.24, 2.45) is 0 Å². The van der Waals surface area contributed by atoms with E-state index < -0.39 is 9.84 Å². The Balaban J connectivity index is 1.56. The van der Waals surface area contributed by atoms with Crippen LogP contribution in [0.15, 0.2) is 65.8 Å². The van der Waals surface area contributed by atoms with E-state index in [1.807, 2.05) is 35.0 Å². The average Bonchev–Trinajstić information content (AvgIpc) is 3.27. The van der Waals surface area contributed by atoms with E-state index in [0.29, 0.717) is 22.0 Å². The standard InChI is InChI=1S/C26H24N4O2S/c1-33(31,32)23-13-11-19(12-14-23)18-7-9-20(10-8-18)24-17-28-26-22(15-27)16-29-30(26)25(24)21-5-3-2-4-6-21/h7-14,16-17,21H,2-6H2,1H3. The molecule has 7 heteroatoms. The van der Waals surface area contributed by atoms with Gasteiger partial charge in [0, 0.05) is 23.9 Å². The first kappa shape index (κ1) is 21.4. The fourth-order valence-electron chi connectivity index (χ4n) is 4.76. The predicted molar refractivity (Wildman–Crippen MR) is 128 cm³/mol. The second-order valence-electron chi connectivity index (χ2n) is 8.67. The fourth-order valence-corrected chi connectivity index (χ4v) is 5.39. The van der Waals surface area contributed by atoms with E-state index in [9.17, 15) is 13.7 Å². The van der Waals surface area contributed by atoms with Gasteiger partial charge in [0.1, 0.15) is 11.6 Å². The summed E-state index contributed by atoms with van der Waals surface area (Å²) in [6, 6.07) is 17.4. The van der Waals surface area contributed by atoms with Gasteiger partial charge in [-0.3, -0.25) is 0 Å². The highest BCUT2D eigenvalue weighted by Gasteiger charge is 2.24. The van der Waals surface area contributed by atoms with Crippen LogP contribution in [0.25, 0.3) is 27.9 Å². The molecule has 5 rings (SSSR count). The molecule has 1 aliphatic rings. The summed E-state index contributed by atoms with van der Waals surface area (Å²) in [6.07, 6.45) is 10.6. The SMILES string of the molecule is CS(=O)(=O)c1ccc(-c2ccc(-c3cnc4c(C#N)cnn4c3C3CCCCC3)cc2)cc1. The van der Waals surface area contributed by atoms with E-state index in [-0.39, 0.29) is 0 Å². The van der Waals surface area contributed by atoms with Crippen LogP contribution in [0.2, 0.25) is 0 Å². The number of hydrogen-bond acceptors (Lipinski definition) is 5. The minimum Gasteiger partial charge on any atom is -0.235 e.